The minimum absolute atomic E-state index is 0.157. The van der Waals surface area contributed by atoms with Crippen molar-refractivity contribution in [3.8, 4) is 0 Å². The van der Waals surface area contributed by atoms with E-state index in [1.807, 2.05) is 30.3 Å². The third kappa shape index (κ3) is 2.73. The Balaban J connectivity index is 1.86. The van der Waals surface area contributed by atoms with Crippen molar-refractivity contribution in [3.63, 3.8) is 0 Å². The first-order valence-electron chi connectivity index (χ1n) is 6.82. The van der Waals surface area contributed by atoms with Gasteiger partial charge in [-0.3, -0.25) is 4.79 Å². The summed E-state index contributed by atoms with van der Waals surface area (Å²) in [5.41, 5.74) is 7.32. The number of anilines is 1. The number of carbonyl (C=O) groups excluding carboxylic acids is 1. The lowest BCUT2D eigenvalue weighted by Gasteiger charge is -2.23. The molecule has 5 heteroatoms. The van der Waals surface area contributed by atoms with Crippen LogP contribution < -0.4 is 10.7 Å². The average Bonchev–Trinajstić information content (AvgIpc) is 2.55. The van der Waals surface area contributed by atoms with Crippen molar-refractivity contribution in [2.45, 2.75) is 0 Å². The van der Waals surface area contributed by atoms with Gasteiger partial charge in [0.15, 0.2) is 5.78 Å². The number of hydrogen-bond acceptors (Lipinski definition) is 4. The van der Waals surface area contributed by atoms with Gasteiger partial charge in [0, 0.05) is 11.8 Å². The topological polar surface area (TPSA) is 58.7 Å². The van der Waals surface area contributed by atoms with Gasteiger partial charge in [-0.15, -0.1) is 0 Å². The second kappa shape index (κ2) is 6.03. The van der Waals surface area contributed by atoms with Gasteiger partial charge in [-0.2, -0.15) is 5.10 Å². The zero-order valence-corrected chi connectivity index (χ0v) is 12.4. The average molecular weight is 312 g/mol. The van der Waals surface area contributed by atoms with Crippen LogP contribution in [0.5, 0.6) is 0 Å². The molecule has 1 aliphatic heterocycles. The van der Waals surface area contributed by atoms with Crippen LogP contribution in [-0.4, -0.2) is 11.6 Å². The molecular formula is C17H14ClN3O. The highest BCUT2D eigenvalue weighted by molar-refractivity contribution is 6.34. The number of rotatable bonds is 3. The zero-order chi connectivity index (χ0) is 15.5. The monoisotopic (exact) mass is 311 g/mol. The smallest absolute Gasteiger partial charge is 0.178 e. The van der Waals surface area contributed by atoms with E-state index in [2.05, 4.69) is 5.10 Å². The molecule has 1 atom stereocenters. The Labute approximate surface area is 133 Å². The molecule has 3 rings (SSSR count). The lowest BCUT2D eigenvalue weighted by molar-refractivity contribution is 0.0971. The van der Waals surface area contributed by atoms with Crippen LogP contribution in [0.25, 0.3) is 0 Å². The molecule has 0 aromatic heterocycles. The number of nitrogens with two attached hydrogens (primary N) is 1. The molecule has 4 nitrogen and oxygen atoms in total. The summed E-state index contributed by atoms with van der Waals surface area (Å²) >= 11 is 6.07. The number of halogens is 1. The van der Waals surface area contributed by atoms with E-state index in [9.17, 15) is 4.79 Å². The SMILES string of the molecule is NC1=NN(c2ccccc2)C=CC1C(=O)c1ccccc1Cl. The number of Topliss-reactive ketones (excluding diaryl/α,β-unsaturated/α-hetero) is 1. The van der Waals surface area contributed by atoms with Crippen molar-refractivity contribution >= 4 is 28.9 Å². The zero-order valence-electron chi connectivity index (χ0n) is 11.7. The number of benzene rings is 2. The summed E-state index contributed by atoms with van der Waals surface area (Å²) in [7, 11) is 0. The molecule has 1 aliphatic rings. The summed E-state index contributed by atoms with van der Waals surface area (Å²) in [6.07, 6.45) is 3.48. The van der Waals surface area contributed by atoms with Crippen LogP contribution in [0.15, 0.2) is 72.0 Å². The maximum Gasteiger partial charge on any atom is 0.178 e. The van der Waals surface area contributed by atoms with Crippen LogP contribution in [0, 0.1) is 5.92 Å². The lowest BCUT2D eigenvalue weighted by atomic mass is 9.96. The summed E-state index contributed by atoms with van der Waals surface area (Å²) in [5.74, 6) is -0.507. The Kier molecular flexibility index (Phi) is 3.94. The highest BCUT2D eigenvalue weighted by atomic mass is 35.5. The number of para-hydroxylation sites is 1. The molecule has 0 spiro atoms. The van der Waals surface area contributed by atoms with Crippen molar-refractivity contribution in [2.24, 2.45) is 16.8 Å². The van der Waals surface area contributed by atoms with E-state index in [-0.39, 0.29) is 11.6 Å². The van der Waals surface area contributed by atoms with E-state index >= 15 is 0 Å². The first-order chi connectivity index (χ1) is 10.7. The van der Waals surface area contributed by atoms with E-state index < -0.39 is 5.92 Å². The Hall–Kier alpha value is -2.59. The highest BCUT2D eigenvalue weighted by Crippen LogP contribution is 2.23. The Bertz CT molecular complexity index is 756. The van der Waals surface area contributed by atoms with E-state index in [1.54, 1.807) is 41.6 Å². The fourth-order valence-corrected chi connectivity index (χ4v) is 2.49. The summed E-state index contributed by atoms with van der Waals surface area (Å²) in [6.45, 7) is 0. The van der Waals surface area contributed by atoms with Gasteiger partial charge < -0.3 is 5.73 Å². The van der Waals surface area contributed by atoms with E-state index in [1.165, 1.54) is 0 Å². The van der Waals surface area contributed by atoms with Gasteiger partial charge in [0.2, 0.25) is 0 Å². The van der Waals surface area contributed by atoms with Crippen LogP contribution in [-0.2, 0) is 0 Å². The molecule has 0 fully saturated rings. The molecule has 110 valence electrons. The molecular weight excluding hydrogens is 298 g/mol. The van der Waals surface area contributed by atoms with Gasteiger partial charge in [-0.1, -0.05) is 41.9 Å². The third-order valence-electron chi connectivity index (χ3n) is 3.40. The quantitative estimate of drug-likeness (QED) is 0.883. The number of hydrogen-bond donors (Lipinski definition) is 1. The van der Waals surface area contributed by atoms with E-state index in [4.69, 9.17) is 17.3 Å². The first-order valence-corrected chi connectivity index (χ1v) is 7.20. The second-order valence-corrected chi connectivity index (χ2v) is 5.28. The molecule has 2 aromatic rings. The minimum atomic E-state index is -0.597. The minimum Gasteiger partial charge on any atom is -0.385 e. The summed E-state index contributed by atoms with van der Waals surface area (Å²) in [5, 5.41) is 6.35. The second-order valence-electron chi connectivity index (χ2n) is 4.87. The van der Waals surface area contributed by atoms with Crippen molar-refractivity contribution in [1.82, 2.24) is 0 Å². The molecule has 2 aromatic carbocycles. The molecule has 1 unspecified atom stereocenters. The molecule has 0 aliphatic carbocycles. The summed E-state index contributed by atoms with van der Waals surface area (Å²) in [4.78, 5) is 12.6. The molecule has 0 saturated heterocycles. The molecule has 22 heavy (non-hydrogen) atoms. The van der Waals surface area contributed by atoms with Gasteiger partial charge >= 0.3 is 0 Å². The van der Waals surface area contributed by atoms with Crippen molar-refractivity contribution in [3.05, 3.63) is 77.5 Å². The van der Waals surface area contributed by atoms with Crippen molar-refractivity contribution in [1.29, 1.82) is 0 Å². The highest BCUT2D eigenvalue weighted by Gasteiger charge is 2.26. The lowest BCUT2D eigenvalue weighted by Crippen LogP contribution is -2.34. The van der Waals surface area contributed by atoms with Crippen molar-refractivity contribution in [2.75, 3.05) is 5.01 Å². The van der Waals surface area contributed by atoms with Gasteiger partial charge in [-0.25, -0.2) is 5.01 Å². The molecule has 2 N–H and O–H groups in total. The Morgan fingerprint density at radius 2 is 1.77 bits per heavy atom. The van der Waals surface area contributed by atoms with E-state index in [0.717, 1.165) is 5.69 Å². The maximum atomic E-state index is 12.6. The van der Waals surface area contributed by atoms with Gasteiger partial charge in [0.25, 0.3) is 0 Å². The van der Waals surface area contributed by atoms with Crippen LogP contribution in [0.2, 0.25) is 5.02 Å². The summed E-state index contributed by atoms with van der Waals surface area (Å²) < 4.78 is 0. The molecule has 0 bridgehead atoms. The van der Waals surface area contributed by atoms with Crippen molar-refractivity contribution < 1.29 is 4.79 Å². The van der Waals surface area contributed by atoms with Gasteiger partial charge in [-0.05, 0) is 30.3 Å². The maximum absolute atomic E-state index is 12.6. The number of nitrogens with zero attached hydrogens (tertiary/aromatic N) is 2. The fourth-order valence-electron chi connectivity index (χ4n) is 2.26. The van der Waals surface area contributed by atoms with Gasteiger partial charge in [0.05, 0.1) is 10.7 Å². The van der Waals surface area contributed by atoms with Crippen LogP contribution in [0.4, 0.5) is 5.69 Å². The predicted octanol–water partition coefficient (Wildman–Crippen LogP) is 3.45. The first kappa shape index (κ1) is 14.4. The molecule has 1 heterocycles. The molecule has 0 saturated carbocycles. The largest absolute Gasteiger partial charge is 0.385 e. The number of ketones is 1. The van der Waals surface area contributed by atoms with Gasteiger partial charge in [0.1, 0.15) is 11.8 Å². The number of amidine groups is 1. The normalized spacial score (nSPS) is 17.2. The van der Waals surface area contributed by atoms with Crippen LogP contribution in [0.3, 0.4) is 0 Å². The Morgan fingerprint density at radius 1 is 1.09 bits per heavy atom. The predicted molar refractivity (Wildman–Crippen MR) is 89.0 cm³/mol. The standard InChI is InChI=1S/C17H14ClN3O/c18-15-9-5-4-8-13(15)16(22)14-10-11-21(20-17(14)19)12-6-2-1-3-7-12/h1-11,14H,(H2,19,20). The number of hydrazone groups is 1. The molecule has 0 radical (unpaired) electrons. The third-order valence-corrected chi connectivity index (χ3v) is 3.73. The fraction of sp³-hybridized carbons (Fsp3) is 0.0588. The van der Waals surface area contributed by atoms with E-state index in [0.29, 0.717) is 10.6 Å². The Morgan fingerprint density at radius 3 is 2.45 bits per heavy atom. The molecule has 0 amide bonds. The van der Waals surface area contributed by atoms with Crippen LogP contribution in [0.1, 0.15) is 10.4 Å². The summed E-state index contributed by atoms with van der Waals surface area (Å²) in [6, 6.07) is 16.5. The number of carbonyl (C=O) groups is 1. The van der Waals surface area contributed by atoms with Crippen LogP contribution >= 0.6 is 11.6 Å².